The number of methoxy groups -OCH3 is 1. The van der Waals surface area contributed by atoms with Crippen molar-refractivity contribution in [2.45, 2.75) is 6.42 Å². The summed E-state index contributed by atoms with van der Waals surface area (Å²) < 4.78 is 10.3. The molecule has 0 saturated carbocycles. The SMILES string of the molecule is COc1ccc(C(=O)NCCCN2CCOCC2)c(O)c1. The van der Waals surface area contributed by atoms with Gasteiger partial charge in [-0.3, -0.25) is 9.69 Å². The summed E-state index contributed by atoms with van der Waals surface area (Å²) in [6.45, 7) is 5.00. The number of phenolic OH excluding ortho intramolecular Hbond substituents is 1. The number of hydrogen-bond acceptors (Lipinski definition) is 5. The molecule has 21 heavy (non-hydrogen) atoms. The number of morpholine rings is 1. The Morgan fingerprint density at radius 1 is 1.43 bits per heavy atom. The highest BCUT2D eigenvalue weighted by atomic mass is 16.5. The molecule has 1 aliphatic heterocycles. The summed E-state index contributed by atoms with van der Waals surface area (Å²) in [5.74, 6) is 0.188. The maximum atomic E-state index is 12.0. The van der Waals surface area contributed by atoms with Crippen LogP contribution < -0.4 is 10.1 Å². The molecule has 1 saturated heterocycles. The minimum atomic E-state index is -0.267. The highest BCUT2D eigenvalue weighted by Gasteiger charge is 2.12. The van der Waals surface area contributed by atoms with Crippen LogP contribution >= 0.6 is 0 Å². The number of hydrogen-bond donors (Lipinski definition) is 2. The number of amides is 1. The summed E-state index contributed by atoms with van der Waals surface area (Å²) in [4.78, 5) is 14.3. The standard InChI is InChI=1S/C15H22N2O4/c1-20-12-3-4-13(14(18)11-12)15(19)16-5-2-6-17-7-9-21-10-8-17/h3-4,11,18H,2,5-10H2,1H3,(H,16,19). The van der Waals surface area contributed by atoms with Gasteiger partial charge >= 0.3 is 0 Å². The van der Waals surface area contributed by atoms with Gasteiger partial charge in [0.1, 0.15) is 11.5 Å². The van der Waals surface area contributed by atoms with Crippen LogP contribution in [-0.4, -0.2) is 62.4 Å². The zero-order chi connectivity index (χ0) is 15.1. The summed E-state index contributed by atoms with van der Waals surface area (Å²) in [5.41, 5.74) is 0.266. The number of rotatable bonds is 6. The van der Waals surface area contributed by atoms with Gasteiger partial charge in [-0.2, -0.15) is 0 Å². The van der Waals surface area contributed by atoms with Crippen molar-refractivity contribution in [2.75, 3.05) is 46.5 Å². The lowest BCUT2D eigenvalue weighted by atomic mass is 10.1. The van der Waals surface area contributed by atoms with E-state index in [1.165, 1.54) is 13.2 Å². The third-order valence-corrected chi connectivity index (χ3v) is 3.49. The smallest absolute Gasteiger partial charge is 0.255 e. The lowest BCUT2D eigenvalue weighted by Gasteiger charge is -2.26. The highest BCUT2D eigenvalue weighted by Crippen LogP contribution is 2.23. The van der Waals surface area contributed by atoms with E-state index in [0.29, 0.717) is 12.3 Å². The van der Waals surface area contributed by atoms with Crippen LogP contribution in [0.3, 0.4) is 0 Å². The molecule has 0 bridgehead atoms. The number of carbonyl (C=O) groups is 1. The maximum absolute atomic E-state index is 12.0. The molecule has 1 heterocycles. The van der Waals surface area contributed by atoms with E-state index in [1.807, 2.05) is 0 Å². The van der Waals surface area contributed by atoms with Gasteiger partial charge < -0.3 is 19.9 Å². The first-order chi connectivity index (χ1) is 10.2. The second-order valence-electron chi connectivity index (χ2n) is 4.95. The monoisotopic (exact) mass is 294 g/mol. The molecule has 6 nitrogen and oxygen atoms in total. The normalized spacial score (nSPS) is 15.7. The minimum Gasteiger partial charge on any atom is -0.507 e. The third-order valence-electron chi connectivity index (χ3n) is 3.49. The van der Waals surface area contributed by atoms with Crippen LogP contribution in [0.4, 0.5) is 0 Å². The second kappa shape index (κ2) is 7.85. The predicted octanol–water partition coefficient (Wildman–Crippen LogP) is 0.853. The molecular formula is C15H22N2O4. The Morgan fingerprint density at radius 3 is 2.86 bits per heavy atom. The van der Waals surface area contributed by atoms with Gasteiger partial charge in [0, 0.05) is 25.7 Å². The number of phenols is 1. The molecule has 0 atom stereocenters. The molecule has 1 aromatic carbocycles. The quantitative estimate of drug-likeness (QED) is 0.761. The van der Waals surface area contributed by atoms with Crippen molar-refractivity contribution in [1.29, 1.82) is 0 Å². The molecule has 1 aromatic rings. The molecule has 2 rings (SSSR count). The fourth-order valence-corrected chi connectivity index (χ4v) is 2.26. The van der Waals surface area contributed by atoms with Gasteiger partial charge in [0.2, 0.25) is 0 Å². The number of benzene rings is 1. The average Bonchev–Trinajstić information content (AvgIpc) is 2.52. The molecule has 0 radical (unpaired) electrons. The molecule has 1 amide bonds. The van der Waals surface area contributed by atoms with Crippen molar-refractivity contribution in [3.63, 3.8) is 0 Å². The number of carbonyl (C=O) groups excluding carboxylic acids is 1. The van der Waals surface area contributed by atoms with Gasteiger partial charge in [-0.25, -0.2) is 0 Å². The Morgan fingerprint density at radius 2 is 2.19 bits per heavy atom. The van der Waals surface area contributed by atoms with E-state index in [0.717, 1.165) is 39.3 Å². The fourth-order valence-electron chi connectivity index (χ4n) is 2.26. The van der Waals surface area contributed by atoms with Gasteiger partial charge in [-0.05, 0) is 25.1 Å². The van der Waals surface area contributed by atoms with Crippen molar-refractivity contribution < 1.29 is 19.4 Å². The number of aromatic hydroxyl groups is 1. The molecule has 0 aliphatic carbocycles. The minimum absolute atomic E-state index is 0.0694. The lowest BCUT2D eigenvalue weighted by molar-refractivity contribution is 0.0374. The Balaban J connectivity index is 1.74. The topological polar surface area (TPSA) is 71.0 Å². The van der Waals surface area contributed by atoms with Crippen LogP contribution in [-0.2, 0) is 4.74 Å². The van der Waals surface area contributed by atoms with E-state index in [9.17, 15) is 9.90 Å². The molecule has 6 heteroatoms. The van der Waals surface area contributed by atoms with E-state index in [-0.39, 0.29) is 17.2 Å². The van der Waals surface area contributed by atoms with Crippen molar-refractivity contribution in [1.82, 2.24) is 10.2 Å². The Labute approximate surface area is 124 Å². The van der Waals surface area contributed by atoms with Gasteiger partial charge in [-0.15, -0.1) is 0 Å². The molecule has 2 N–H and O–H groups in total. The van der Waals surface area contributed by atoms with Gasteiger partial charge in [0.15, 0.2) is 0 Å². The van der Waals surface area contributed by atoms with E-state index in [2.05, 4.69) is 10.2 Å². The zero-order valence-electron chi connectivity index (χ0n) is 12.3. The molecule has 0 spiro atoms. The van der Waals surface area contributed by atoms with Crippen LogP contribution in [0.2, 0.25) is 0 Å². The van der Waals surface area contributed by atoms with Gasteiger partial charge in [0.05, 0.1) is 25.9 Å². The fraction of sp³-hybridized carbons (Fsp3) is 0.533. The largest absolute Gasteiger partial charge is 0.507 e. The van der Waals surface area contributed by atoms with Crippen molar-refractivity contribution in [2.24, 2.45) is 0 Å². The number of nitrogens with one attached hydrogen (secondary N) is 1. The first kappa shape index (κ1) is 15.6. The third kappa shape index (κ3) is 4.61. The molecule has 1 fully saturated rings. The van der Waals surface area contributed by atoms with E-state index in [1.54, 1.807) is 12.1 Å². The Hall–Kier alpha value is -1.79. The van der Waals surface area contributed by atoms with Crippen molar-refractivity contribution in [3.05, 3.63) is 23.8 Å². The molecule has 0 aromatic heterocycles. The van der Waals surface area contributed by atoms with E-state index >= 15 is 0 Å². The molecule has 0 unspecified atom stereocenters. The van der Waals surface area contributed by atoms with Crippen LogP contribution in [0.25, 0.3) is 0 Å². The first-order valence-corrected chi connectivity index (χ1v) is 7.16. The molecular weight excluding hydrogens is 272 g/mol. The number of ether oxygens (including phenoxy) is 2. The second-order valence-corrected chi connectivity index (χ2v) is 4.95. The predicted molar refractivity (Wildman–Crippen MR) is 78.9 cm³/mol. The lowest BCUT2D eigenvalue weighted by Crippen LogP contribution is -2.38. The molecule has 1 aliphatic rings. The summed E-state index contributed by atoms with van der Waals surface area (Å²) in [7, 11) is 1.51. The zero-order valence-corrected chi connectivity index (χ0v) is 12.3. The summed E-state index contributed by atoms with van der Waals surface area (Å²) in [6.07, 6.45) is 0.878. The summed E-state index contributed by atoms with van der Waals surface area (Å²) in [6, 6.07) is 4.65. The van der Waals surface area contributed by atoms with Gasteiger partial charge in [-0.1, -0.05) is 0 Å². The van der Waals surface area contributed by atoms with E-state index < -0.39 is 0 Å². The van der Waals surface area contributed by atoms with Crippen LogP contribution in [0.15, 0.2) is 18.2 Å². The highest BCUT2D eigenvalue weighted by molar-refractivity contribution is 5.96. The number of nitrogens with zero attached hydrogens (tertiary/aromatic N) is 1. The Bertz CT molecular complexity index is 473. The Kier molecular flexibility index (Phi) is 5.83. The first-order valence-electron chi connectivity index (χ1n) is 7.16. The summed E-state index contributed by atoms with van der Waals surface area (Å²) >= 11 is 0. The summed E-state index contributed by atoms with van der Waals surface area (Å²) in [5, 5.41) is 12.6. The van der Waals surface area contributed by atoms with E-state index in [4.69, 9.17) is 9.47 Å². The van der Waals surface area contributed by atoms with Crippen LogP contribution in [0.5, 0.6) is 11.5 Å². The average molecular weight is 294 g/mol. The molecule has 116 valence electrons. The van der Waals surface area contributed by atoms with Crippen LogP contribution in [0.1, 0.15) is 16.8 Å². The van der Waals surface area contributed by atoms with Crippen LogP contribution in [0, 0.1) is 0 Å². The van der Waals surface area contributed by atoms with Gasteiger partial charge in [0.25, 0.3) is 5.91 Å². The van der Waals surface area contributed by atoms with Crippen molar-refractivity contribution in [3.8, 4) is 11.5 Å². The van der Waals surface area contributed by atoms with Crippen molar-refractivity contribution >= 4 is 5.91 Å². The maximum Gasteiger partial charge on any atom is 0.255 e.